The number of rotatable bonds is 6. The second kappa shape index (κ2) is 7.09. The molecular weight excluding hydrogens is 283 g/mol. The van der Waals surface area contributed by atoms with Gasteiger partial charge in [0.2, 0.25) is 0 Å². The third-order valence-electron chi connectivity index (χ3n) is 2.80. The minimum atomic E-state index is -0.131. The lowest BCUT2D eigenvalue weighted by molar-refractivity contribution is 0.291. The van der Waals surface area contributed by atoms with Crippen molar-refractivity contribution in [2.24, 2.45) is 11.7 Å². The molecule has 0 heterocycles. The highest BCUT2D eigenvalue weighted by atomic mass is 79.9. The van der Waals surface area contributed by atoms with Gasteiger partial charge in [0.05, 0.1) is 0 Å². The van der Waals surface area contributed by atoms with Gasteiger partial charge in [-0.15, -0.1) is 0 Å². The van der Waals surface area contributed by atoms with Gasteiger partial charge in [0, 0.05) is 17.6 Å². The number of likely N-dealkylation sites (N-methyl/N-ethyl adjacent to an activating group) is 1. The minimum Gasteiger partial charge on any atom is -0.330 e. The van der Waals surface area contributed by atoms with Crippen molar-refractivity contribution in [3.8, 4) is 0 Å². The SMILES string of the molecule is CC(CN)CN(C)CCc1cc(Br)ccc1F. The van der Waals surface area contributed by atoms with Crippen LogP contribution >= 0.6 is 15.9 Å². The average molecular weight is 303 g/mol. The number of nitrogens with zero attached hydrogens (tertiary/aromatic N) is 1. The van der Waals surface area contributed by atoms with E-state index in [1.165, 1.54) is 6.07 Å². The quantitative estimate of drug-likeness (QED) is 0.875. The molecule has 0 spiro atoms. The molecule has 0 aliphatic carbocycles. The molecule has 0 radical (unpaired) electrons. The van der Waals surface area contributed by atoms with Crippen molar-refractivity contribution in [2.45, 2.75) is 13.3 Å². The number of benzene rings is 1. The number of hydrogen-bond acceptors (Lipinski definition) is 2. The van der Waals surface area contributed by atoms with Crippen LogP contribution in [0.25, 0.3) is 0 Å². The number of halogens is 2. The highest BCUT2D eigenvalue weighted by molar-refractivity contribution is 9.10. The van der Waals surface area contributed by atoms with Crippen LogP contribution < -0.4 is 5.73 Å². The van der Waals surface area contributed by atoms with Crippen molar-refractivity contribution in [1.29, 1.82) is 0 Å². The van der Waals surface area contributed by atoms with Gasteiger partial charge in [-0.25, -0.2) is 4.39 Å². The minimum absolute atomic E-state index is 0.131. The molecule has 1 rings (SSSR count). The summed E-state index contributed by atoms with van der Waals surface area (Å²) in [6.07, 6.45) is 0.721. The van der Waals surface area contributed by atoms with Crippen molar-refractivity contribution in [1.82, 2.24) is 4.90 Å². The standard InChI is InChI=1S/C13H20BrFN2/c1-10(8-16)9-17(2)6-5-11-7-12(14)3-4-13(11)15/h3-4,7,10H,5-6,8-9,16H2,1-2H3. The van der Waals surface area contributed by atoms with Gasteiger partial charge in [0.15, 0.2) is 0 Å². The fourth-order valence-electron chi connectivity index (χ4n) is 1.74. The Labute approximate surface area is 111 Å². The molecule has 1 aromatic rings. The Balaban J connectivity index is 2.47. The smallest absolute Gasteiger partial charge is 0.126 e. The predicted molar refractivity (Wildman–Crippen MR) is 73.5 cm³/mol. The predicted octanol–water partition coefficient (Wildman–Crippen LogP) is 2.66. The molecule has 0 amide bonds. The summed E-state index contributed by atoms with van der Waals surface area (Å²) in [5.74, 6) is 0.348. The number of hydrogen-bond donors (Lipinski definition) is 1. The highest BCUT2D eigenvalue weighted by Crippen LogP contribution is 2.16. The maximum Gasteiger partial charge on any atom is 0.126 e. The molecule has 1 aromatic carbocycles. The molecule has 2 nitrogen and oxygen atoms in total. The Morgan fingerprint density at radius 3 is 2.82 bits per heavy atom. The second-order valence-electron chi connectivity index (χ2n) is 4.59. The summed E-state index contributed by atoms with van der Waals surface area (Å²) in [6, 6.07) is 5.07. The normalized spacial score (nSPS) is 13.1. The molecule has 4 heteroatoms. The van der Waals surface area contributed by atoms with E-state index in [1.807, 2.05) is 13.1 Å². The summed E-state index contributed by atoms with van der Waals surface area (Å²) in [7, 11) is 2.04. The van der Waals surface area contributed by atoms with E-state index < -0.39 is 0 Å². The Hall–Kier alpha value is -0.450. The maximum atomic E-state index is 13.5. The van der Waals surface area contributed by atoms with Gasteiger partial charge < -0.3 is 10.6 Å². The van der Waals surface area contributed by atoms with Crippen LogP contribution in [-0.2, 0) is 6.42 Å². The third kappa shape index (κ3) is 5.15. The fourth-order valence-corrected chi connectivity index (χ4v) is 2.15. The molecular formula is C13H20BrFN2. The van der Waals surface area contributed by atoms with Gasteiger partial charge in [-0.05, 0) is 49.7 Å². The van der Waals surface area contributed by atoms with Crippen LogP contribution in [0.1, 0.15) is 12.5 Å². The lowest BCUT2D eigenvalue weighted by Gasteiger charge is -2.20. The van der Waals surface area contributed by atoms with Crippen LogP contribution in [0.3, 0.4) is 0 Å². The molecule has 17 heavy (non-hydrogen) atoms. The van der Waals surface area contributed by atoms with Gasteiger partial charge in [0.25, 0.3) is 0 Å². The van der Waals surface area contributed by atoms with Crippen molar-refractivity contribution >= 4 is 15.9 Å². The summed E-state index contributed by atoms with van der Waals surface area (Å²) in [4.78, 5) is 2.19. The Kier molecular flexibility index (Phi) is 6.09. The summed E-state index contributed by atoms with van der Waals surface area (Å²) in [5.41, 5.74) is 6.33. The molecule has 0 saturated carbocycles. The average Bonchev–Trinajstić information content (AvgIpc) is 2.30. The first-order chi connectivity index (χ1) is 8.02. The van der Waals surface area contributed by atoms with Crippen molar-refractivity contribution in [3.05, 3.63) is 34.1 Å². The van der Waals surface area contributed by atoms with Crippen molar-refractivity contribution in [2.75, 3.05) is 26.7 Å². The maximum absolute atomic E-state index is 13.5. The first-order valence-electron chi connectivity index (χ1n) is 5.85. The summed E-state index contributed by atoms with van der Waals surface area (Å²) >= 11 is 3.36. The van der Waals surface area contributed by atoms with Crippen LogP contribution in [0.4, 0.5) is 4.39 Å². The van der Waals surface area contributed by atoms with E-state index in [1.54, 1.807) is 6.07 Å². The van der Waals surface area contributed by atoms with E-state index >= 15 is 0 Å². The lowest BCUT2D eigenvalue weighted by Crippen LogP contribution is -2.30. The Morgan fingerprint density at radius 2 is 2.18 bits per heavy atom. The first kappa shape index (κ1) is 14.6. The van der Waals surface area contributed by atoms with Crippen LogP contribution in [0.15, 0.2) is 22.7 Å². The fraction of sp³-hybridized carbons (Fsp3) is 0.538. The molecule has 2 N–H and O–H groups in total. The molecule has 0 aliphatic heterocycles. The second-order valence-corrected chi connectivity index (χ2v) is 5.50. The van der Waals surface area contributed by atoms with E-state index in [-0.39, 0.29) is 5.82 Å². The first-order valence-corrected chi connectivity index (χ1v) is 6.64. The van der Waals surface area contributed by atoms with Gasteiger partial charge in [-0.3, -0.25) is 0 Å². The summed E-state index contributed by atoms with van der Waals surface area (Å²) in [6.45, 7) is 4.61. The molecule has 1 unspecified atom stereocenters. The largest absolute Gasteiger partial charge is 0.330 e. The lowest BCUT2D eigenvalue weighted by atomic mass is 10.1. The summed E-state index contributed by atoms with van der Waals surface area (Å²) in [5, 5.41) is 0. The van der Waals surface area contributed by atoms with Gasteiger partial charge in [0.1, 0.15) is 5.82 Å². The Morgan fingerprint density at radius 1 is 1.47 bits per heavy atom. The third-order valence-corrected chi connectivity index (χ3v) is 3.29. The number of nitrogens with two attached hydrogens (primary N) is 1. The molecule has 96 valence electrons. The van der Waals surface area contributed by atoms with Crippen LogP contribution in [-0.4, -0.2) is 31.6 Å². The zero-order valence-corrected chi connectivity index (χ0v) is 12.0. The Bertz CT molecular complexity index is 357. The van der Waals surface area contributed by atoms with E-state index in [9.17, 15) is 4.39 Å². The van der Waals surface area contributed by atoms with Gasteiger partial charge in [-0.1, -0.05) is 22.9 Å². The van der Waals surface area contributed by atoms with E-state index in [4.69, 9.17) is 5.73 Å². The van der Waals surface area contributed by atoms with E-state index in [2.05, 4.69) is 27.8 Å². The summed E-state index contributed by atoms with van der Waals surface area (Å²) < 4.78 is 14.4. The zero-order valence-electron chi connectivity index (χ0n) is 10.4. The van der Waals surface area contributed by atoms with Gasteiger partial charge >= 0.3 is 0 Å². The van der Waals surface area contributed by atoms with Crippen molar-refractivity contribution < 1.29 is 4.39 Å². The molecule has 0 bridgehead atoms. The monoisotopic (exact) mass is 302 g/mol. The van der Waals surface area contributed by atoms with Crippen molar-refractivity contribution in [3.63, 3.8) is 0 Å². The van der Waals surface area contributed by atoms with E-state index in [0.29, 0.717) is 12.5 Å². The van der Waals surface area contributed by atoms with Crippen LogP contribution in [0.5, 0.6) is 0 Å². The molecule has 0 aliphatic rings. The van der Waals surface area contributed by atoms with Crippen LogP contribution in [0.2, 0.25) is 0 Å². The topological polar surface area (TPSA) is 29.3 Å². The zero-order chi connectivity index (χ0) is 12.8. The van der Waals surface area contributed by atoms with E-state index in [0.717, 1.165) is 29.5 Å². The highest BCUT2D eigenvalue weighted by Gasteiger charge is 2.07. The van der Waals surface area contributed by atoms with Crippen LogP contribution in [0, 0.1) is 11.7 Å². The molecule has 0 fully saturated rings. The molecule has 0 saturated heterocycles. The van der Waals surface area contributed by atoms with Gasteiger partial charge in [-0.2, -0.15) is 0 Å². The molecule has 0 aromatic heterocycles. The molecule has 1 atom stereocenters.